The number of nitrogens with one attached hydrogen (secondary N) is 2. The van der Waals surface area contributed by atoms with Crippen LogP contribution in [0.1, 0.15) is 20.3 Å². The van der Waals surface area contributed by atoms with Crippen LogP contribution < -0.4 is 10.1 Å². The van der Waals surface area contributed by atoms with Gasteiger partial charge in [0, 0.05) is 22.7 Å². The largest absolute Gasteiger partial charge is 0.486 e. The molecule has 0 spiro atoms. The summed E-state index contributed by atoms with van der Waals surface area (Å²) in [7, 11) is 0. The van der Waals surface area contributed by atoms with Gasteiger partial charge in [-0.25, -0.2) is 13.8 Å². The zero-order valence-electron chi connectivity index (χ0n) is 16.6. The third-order valence-corrected chi connectivity index (χ3v) is 5.50. The molecule has 2 atom stereocenters. The summed E-state index contributed by atoms with van der Waals surface area (Å²) >= 11 is 6.42. The van der Waals surface area contributed by atoms with Crippen molar-refractivity contribution in [2.75, 3.05) is 5.32 Å². The minimum Gasteiger partial charge on any atom is -0.486 e. The molecule has 31 heavy (non-hydrogen) atoms. The zero-order chi connectivity index (χ0) is 21.9. The molecule has 1 aromatic carbocycles. The minimum atomic E-state index is -1.08. The van der Waals surface area contributed by atoms with Gasteiger partial charge in [-0.2, -0.15) is 5.10 Å². The van der Waals surface area contributed by atoms with Gasteiger partial charge in [-0.05, 0) is 32.4 Å². The lowest BCUT2D eigenvalue weighted by molar-refractivity contribution is -0.117. The number of hydrogen-bond donors (Lipinski definition) is 2. The van der Waals surface area contributed by atoms with Gasteiger partial charge in [0.05, 0.1) is 29.4 Å². The van der Waals surface area contributed by atoms with Gasteiger partial charge in [-0.1, -0.05) is 11.6 Å². The highest BCUT2D eigenvalue weighted by Crippen LogP contribution is 2.42. The Kier molecular flexibility index (Phi) is 4.58. The topological polar surface area (TPSA) is 84.3 Å². The van der Waals surface area contributed by atoms with Crippen LogP contribution in [-0.4, -0.2) is 37.8 Å². The van der Waals surface area contributed by atoms with Crippen LogP contribution in [0.3, 0.4) is 0 Å². The number of hydrogen-bond acceptors (Lipinski definition) is 4. The maximum atomic E-state index is 15.1. The monoisotopic (exact) mass is 445 g/mol. The molecule has 0 radical (unpaired) electrons. The zero-order valence-corrected chi connectivity index (χ0v) is 17.4. The van der Waals surface area contributed by atoms with Crippen molar-refractivity contribution < 1.29 is 18.3 Å². The Hall–Kier alpha value is -3.20. The number of rotatable bonds is 5. The van der Waals surface area contributed by atoms with Crippen molar-refractivity contribution in [1.29, 1.82) is 0 Å². The van der Waals surface area contributed by atoms with E-state index in [1.165, 1.54) is 0 Å². The molecule has 1 amide bonds. The van der Waals surface area contributed by atoms with Crippen molar-refractivity contribution in [2.45, 2.75) is 32.5 Å². The molecule has 3 heterocycles. The molecule has 2 N–H and O–H groups in total. The number of pyridine rings is 1. The number of alkyl halides is 1. The number of carbonyl (C=O) groups is 1. The highest BCUT2D eigenvalue weighted by atomic mass is 35.5. The van der Waals surface area contributed by atoms with E-state index in [4.69, 9.17) is 16.3 Å². The maximum Gasteiger partial charge on any atom is 0.231 e. The van der Waals surface area contributed by atoms with Crippen molar-refractivity contribution in [2.24, 2.45) is 5.92 Å². The predicted molar refractivity (Wildman–Crippen MR) is 113 cm³/mol. The van der Waals surface area contributed by atoms with Gasteiger partial charge in [0.25, 0.3) is 0 Å². The smallest absolute Gasteiger partial charge is 0.231 e. The molecule has 1 aliphatic carbocycles. The number of amides is 1. The summed E-state index contributed by atoms with van der Waals surface area (Å²) in [5.41, 5.74) is 2.06. The Morgan fingerprint density at radius 3 is 2.87 bits per heavy atom. The van der Waals surface area contributed by atoms with E-state index in [1.807, 2.05) is 0 Å². The van der Waals surface area contributed by atoms with Crippen LogP contribution in [0.25, 0.3) is 27.7 Å². The molecule has 1 saturated carbocycles. The van der Waals surface area contributed by atoms with E-state index in [0.29, 0.717) is 33.5 Å². The predicted octanol–water partition coefficient (Wildman–Crippen LogP) is 4.75. The number of imidazole rings is 1. The van der Waals surface area contributed by atoms with Crippen molar-refractivity contribution in [3.05, 3.63) is 41.6 Å². The molecule has 5 rings (SSSR count). The Balaban J connectivity index is 1.57. The van der Waals surface area contributed by atoms with Crippen LogP contribution in [0.5, 0.6) is 5.75 Å². The summed E-state index contributed by atoms with van der Waals surface area (Å²) < 4.78 is 35.5. The molecule has 0 bridgehead atoms. The number of H-pyrrole nitrogens is 1. The van der Waals surface area contributed by atoms with Crippen LogP contribution >= 0.6 is 11.6 Å². The second-order valence-electron chi connectivity index (χ2n) is 7.81. The van der Waals surface area contributed by atoms with E-state index in [2.05, 4.69) is 20.5 Å². The number of halogens is 3. The second-order valence-corrected chi connectivity index (χ2v) is 8.19. The number of anilines is 1. The molecule has 7 nitrogen and oxygen atoms in total. The van der Waals surface area contributed by atoms with Crippen LogP contribution in [0.4, 0.5) is 14.6 Å². The van der Waals surface area contributed by atoms with Gasteiger partial charge < -0.3 is 14.5 Å². The minimum absolute atomic E-state index is 0.0243. The van der Waals surface area contributed by atoms with Gasteiger partial charge in [0.15, 0.2) is 17.4 Å². The summed E-state index contributed by atoms with van der Waals surface area (Å²) in [6.07, 6.45) is 3.81. The van der Waals surface area contributed by atoms with Crippen LogP contribution in [-0.2, 0) is 4.79 Å². The molecular weight excluding hydrogens is 428 g/mol. The molecule has 1 aliphatic rings. The second kappa shape index (κ2) is 7.19. The van der Waals surface area contributed by atoms with E-state index in [9.17, 15) is 9.18 Å². The van der Waals surface area contributed by atoms with Gasteiger partial charge >= 0.3 is 0 Å². The number of aromatic nitrogens is 4. The fourth-order valence-electron chi connectivity index (χ4n) is 3.57. The molecule has 0 saturated heterocycles. The summed E-state index contributed by atoms with van der Waals surface area (Å²) in [5, 5.41) is 9.97. The van der Waals surface area contributed by atoms with Crippen molar-refractivity contribution >= 4 is 39.9 Å². The Labute approximate surface area is 180 Å². The van der Waals surface area contributed by atoms with Crippen molar-refractivity contribution in [3.8, 4) is 16.9 Å². The van der Waals surface area contributed by atoms with Crippen molar-refractivity contribution in [3.63, 3.8) is 0 Å². The van der Waals surface area contributed by atoms with Gasteiger partial charge in [0.2, 0.25) is 5.91 Å². The number of aromatic amines is 1. The summed E-state index contributed by atoms with van der Waals surface area (Å²) in [6, 6.07) is 3.47. The molecule has 4 aromatic rings. The first-order valence-electron chi connectivity index (χ1n) is 9.78. The standard InChI is InChI=1S/C21H18ClF2N5O2/c1-9(2)31-20-18(24)17(22)16(12-6-25-28-19(12)20)10-3-4-15-26-14(8-29(15)7-10)27-21(30)11-5-13(11)23/h3-4,6-9,11,13H,5H2,1-2H3,(H,25,28)(H,27,30). The molecule has 0 aliphatic heterocycles. The Morgan fingerprint density at radius 2 is 2.16 bits per heavy atom. The Bertz CT molecular complexity index is 1330. The van der Waals surface area contributed by atoms with E-state index < -0.39 is 17.9 Å². The first kappa shape index (κ1) is 19.7. The molecule has 1 fully saturated rings. The maximum absolute atomic E-state index is 15.1. The highest BCUT2D eigenvalue weighted by molar-refractivity contribution is 6.35. The fraction of sp³-hybridized carbons (Fsp3) is 0.286. The summed E-state index contributed by atoms with van der Waals surface area (Å²) in [5.74, 6) is -1.33. The van der Waals surface area contributed by atoms with Crippen LogP contribution in [0.2, 0.25) is 5.02 Å². The third-order valence-electron chi connectivity index (χ3n) is 5.14. The van der Waals surface area contributed by atoms with Crippen LogP contribution in [0.15, 0.2) is 30.7 Å². The average molecular weight is 446 g/mol. The molecule has 10 heteroatoms. The van der Waals surface area contributed by atoms with E-state index in [1.54, 1.807) is 49.0 Å². The third kappa shape index (κ3) is 3.38. The number of ether oxygens (including phenoxy) is 1. The molecular formula is C21H18ClF2N5O2. The molecule has 3 aromatic heterocycles. The quantitative estimate of drug-likeness (QED) is 0.464. The summed E-state index contributed by atoms with van der Waals surface area (Å²) in [6.45, 7) is 3.59. The number of carbonyl (C=O) groups excluding carboxylic acids is 1. The van der Waals surface area contributed by atoms with Gasteiger partial charge in [-0.15, -0.1) is 0 Å². The lowest BCUT2D eigenvalue weighted by Gasteiger charge is -2.15. The Morgan fingerprint density at radius 1 is 1.39 bits per heavy atom. The first-order chi connectivity index (χ1) is 14.8. The van der Waals surface area contributed by atoms with E-state index in [0.717, 1.165) is 0 Å². The SMILES string of the molecule is CC(C)Oc1c(F)c(Cl)c(-c2ccc3nc(NC(=O)C4CC4F)cn3c2)c2cn[nH]c12. The average Bonchev–Trinajstić information content (AvgIpc) is 3.11. The highest BCUT2D eigenvalue weighted by Gasteiger charge is 2.43. The normalized spacial score (nSPS) is 18.1. The number of fused-ring (bicyclic) bond motifs is 2. The molecule has 160 valence electrons. The van der Waals surface area contributed by atoms with Gasteiger partial charge in [-0.3, -0.25) is 9.89 Å². The lowest BCUT2D eigenvalue weighted by atomic mass is 10.0. The van der Waals surface area contributed by atoms with Gasteiger partial charge in [0.1, 0.15) is 17.3 Å². The number of benzene rings is 1. The molecule has 2 unspecified atom stereocenters. The van der Waals surface area contributed by atoms with E-state index >= 15 is 4.39 Å². The van der Waals surface area contributed by atoms with Crippen molar-refractivity contribution in [1.82, 2.24) is 19.6 Å². The van der Waals surface area contributed by atoms with E-state index in [-0.39, 0.29) is 29.2 Å². The van der Waals surface area contributed by atoms with Crippen LogP contribution in [0, 0.1) is 11.7 Å². The fourth-order valence-corrected chi connectivity index (χ4v) is 3.87. The first-order valence-corrected chi connectivity index (χ1v) is 10.2. The summed E-state index contributed by atoms with van der Waals surface area (Å²) in [4.78, 5) is 16.3. The number of nitrogens with zero attached hydrogens (tertiary/aromatic N) is 3. The lowest BCUT2D eigenvalue weighted by Crippen LogP contribution is -2.15.